The van der Waals surface area contributed by atoms with Crippen molar-refractivity contribution in [3.05, 3.63) is 29.6 Å². The maximum absolute atomic E-state index is 12.5. The van der Waals surface area contributed by atoms with Crippen LogP contribution in [0.5, 0.6) is 5.88 Å². The number of rotatable bonds is 3. The fourth-order valence-corrected chi connectivity index (χ4v) is 3.93. The van der Waals surface area contributed by atoms with Crippen LogP contribution in [-0.2, 0) is 9.53 Å². The number of aromatic hydroxyl groups is 1. The number of nitrogens with one attached hydrogen (secondary N) is 1. The number of hydrogen-bond donors (Lipinski definition) is 2. The summed E-state index contributed by atoms with van der Waals surface area (Å²) in [4.78, 5) is 32.4. The molecule has 0 saturated carbocycles. The molecule has 2 aromatic rings. The summed E-state index contributed by atoms with van der Waals surface area (Å²) >= 11 is 0. The molecule has 0 aliphatic carbocycles. The first-order valence-corrected chi connectivity index (χ1v) is 9.84. The first-order valence-electron chi connectivity index (χ1n) is 9.84. The van der Waals surface area contributed by atoms with Gasteiger partial charge in [-0.15, -0.1) is 0 Å². The van der Waals surface area contributed by atoms with Gasteiger partial charge in [-0.2, -0.15) is 4.98 Å². The Morgan fingerprint density at radius 3 is 2.97 bits per heavy atom. The molecule has 2 aromatic heterocycles. The van der Waals surface area contributed by atoms with Gasteiger partial charge in [0.1, 0.15) is 11.8 Å². The summed E-state index contributed by atoms with van der Waals surface area (Å²) in [5, 5.41) is 10.3. The maximum atomic E-state index is 12.5. The van der Waals surface area contributed by atoms with Crippen molar-refractivity contribution >= 4 is 35.5 Å². The second-order valence-corrected chi connectivity index (χ2v) is 7.34. The Morgan fingerprint density at radius 1 is 1.31 bits per heavy atom. The molecule has 2 fully saturated rings. The fraction of sp³-hybridized carbons (Fsp3) is 0.400. The number of pyridine rings is 1. The van der Waals surface area contributed by atoms with Crippen LogP contribution < -0.4 is 4.90 Å². The Bertz CT molecular complexity index is 984. The Balaban J connectivity index is 1.28. The van der Waals surface area contributed by atoms with E-state index in [4.69, 9.17) is 4.74 Å². The van der Waals surface area contributed by atoms with Gasteiger partial charge < -0.3 is 24.6 Å². The molecule has 9 heteroatoms. The number of aromatic amines is 1. The number of carbonyl (C=O) groups excluding carboxylic acids is 1. The molecule has 0 spiro atoms. The Hall–Kier alpha value is -3.20. The van der Waals surface area contributed by atoms with E-state index in [9.17, 15) is 9.90 Å². The molecule has 5 rings (SSSR count). The molecule has 3 aliphatic rings. The molecule has 2 N–H and O–H groups in total. The van der Waals surface area contributed by atoms with Crippen molar-refractivity contribution in [2.75, 3.05) is 37.7 Å². The molecular weight excluding hydrogens is 372 g/mol. The van der Waals surface area contributed by atoms with Crippen molar-refractivity contribution in [2.24, 2.45) is 4.99 Å². The Kier molecular flexibility index (Phi) is 4.51. The third-order valence-electron chi connectivity index (χ3n) is 5.52. The van der Waals surface area contributed by atoms with Crippen molar-refractivity contribution in [1.82, 2.24) is 19.9 Å². The molecule has 1 unspecified atom stereocenters. The van der Waals surface area contributed by atoms with Crippen LogP contribution >= 0.6 is 0 Å². The lowest BCUT2D eigenvalue weighted by atomic mass is 10.1. The lowest BCUT2D eigenvalue weighted by Gasteiger charge is -2.35. The van der Waals surface area contributed by atoms with Crippen molar-refractivity contribution in [3.8, 4) is 5.88 Å². The van der Waals surface area contributed by atoms with Gasteiger partial charge in [-0.05, 0) is 31.1 Å². The number of imidazole rings is 1. The van der Waals surface area contributed by atoms with Gasteiger partial charge in [-0.3, -0.25) is 4.79 Å². The van der Waals surface area contributed by atoms with Gasteiger partial charge in [-0.25, -0.2) is 9.98 Å². The zero-order chi connectivity index (χ0) is 19.8. The van der Waals surface area contributed by atoms with Gasteiger partial charge in [-0.1, -0.05) is 0 Å². The summed E-state index contributed by atoms with van der Waals surface area (Å²) in [5.41, 5.74) is 2.31. The standard InChI is InChI=1S/C20H22N6O3/c27-18-15(11-13-12-22-17-14(13)3-1-5-21-17)23-20(24-18)26-8-6-25(7-9-26)19(28)16-4-2-10-29-16/h1,3,5,11-12,16,27H,2,4,6-10H2,(H,23,24). The lowest BCUT2D eigenvalue weighted by Crippen LogP contribution is -2.51. The van der Waals surface area contributed by atoms with E-state index in [1.54, 1.807) is 12.4 Å². The van der Waals surface area contributed by atoms with Crippen LogP contribution in [0.4, 0.5) is 11.8 Å². The van der Waals surface area contributed by atoms with E-state index in [0.29, 0.717) is 50.2 Å². The van der Waals surface area contributed by atoms with Gasteiger partial charge in [0.15, 0.2) is 5.82 Å². The normalized spacial score (nSPS) is 22.5. The number of hydrogen-bond acceptors (Lipinski definition) is 7. The number of amides is 1. The zero-order valence-corrected chi connectivity index (χ0v) is 15.9. The zero-order valence-electron chi connectivity index (χ0n) is 15.9. The molecule has 0 radical (unpaired) electrons. The molecule has 5 heterocycles. The van der Waals surface area contributed by atoms with Gasteiger partial charge >= 0.3 is 0 Å². The number of H-pyrrole nitrogens is 1. The number of ether oxygens (including phenoxy) is 1. The van der Waals surface area contributed by atoms with Crippen LogP contribution in [0.1, 0.15) is 24.1 Å². The monoisotopic (exact) mass is 394 g/mol. The quantitative estimate of drug-likeness (QED) is 0.819. The van der Waals surface area contributed by atoms with Crippen molar-refractivity contribution in [2.45, 2.75) is 18.9 Å². The molecule has 9 nitrogen and oxygen atoms in total. The number of aliphatic imine (C=N–C) groups is 1. The highest BCUT2D eigenvalue weighted by Gasteiger charge is 2.31. The minimum Gasteiger partial charge on any atom is -0.492 e. The average Bonchev–Trinajstić information content (AvgIpc) is 3.49. The summed E-state index contributed by atoms with van der Waals surface area (Å²) in [5.74, 6) is 1.30. The van der Waals surface area contributed by atoms with Crippen molar-refractivity contribution < 1.29 is 14.6 Å². The number of piperazine rings is 1. The fourth-order valence-electron chi connectivity index (χ4n) is 3.93. The van der Waals surface area contributed by atoms with Crippen LogP contribution in [0, 0.1) is 0 Å². The number of aromatic nitrogens is 3. The minimum atomic E-state index is -0.280. The number of carbonyl (C=O) groups is 1. The second kappa shape index (κ2) is 7.32. The lowest BCUT2D eigenvalue weighted by molar-refractivity contribution is -0.141. The summed E-state index contributed by atoms with van der Waals surface area (Å²) in [6.07, 6.45) is 6.73. The van der Waals surface area contributed by atoms with E-state index in [1.165, 1.54) is 0 Å². The van der Waals surface area contributed by atoms with E-state index in [2.05, 4.69) is 19.9 Å². The highest BCUT2D eigenvalue weighted by molar-refractivity contribution is 6.20. The van der Waals surface area contributed by atoms with E-state index < -0.39 is 0 Å². The molecule has 2 saturated heterocycles. The highest BCUT2D eigenvalue weighted by Crippen LogP contribution is 2.32. The van der Waals surface area contributed by atoms with Crippen molar-refractivity contribution in [1.29, 1.82) is 0 Å². The first kappa shape index (κ1) is 17.9. The van der Waals surface area contributed by atoms with Crippen molar-refractivity contribution in [3.63, 3.8) is 0 Å². The SMILES string of the molecule is O=C(C1CCCO1)N1CCN(c2nc(O)c(C=C3C=Nc4ncccc43)[nH]2)CC1. The molecule has 29 heavy (non-hydrogen) atoms. The van der Waals surface area contributed by atoms with Gasteiger partial charge in [0, 0.05) is 56.3 Å². The molecule has 150 valence electrons. The predicted octanol–water partition coefficient (Wildman–Crippen LogP) is 1.59. The number of fused-ring (bicyclic) bond motifs is 1. The summed E-state index contributed by atoms with van der Waals surface area (Å²) in [6.45, 7) is 3.20. The van der Waals surface area contributed by atoms with E-state index in [-0.39, 0.29) is 17.9 Å². The average molecular weight is 394 g/mol. The molecule has 1 amide bonds. The smallest absolute Gasteiger partial charge is 0.251 e. The first-order chi connectivity index (χ1) is 14.2. The van der Waals surface area contributed by atoms with Crippen LogP contribution in [0.2, 0.25) is 0 Å². The topological polar surface area (TPSA) is 107 Å². The number of anilines is 1. The molecule has 0 bridgehead atoms. The largest absolute Gasteiger partial charge is 0.492 e. The van der Waals surface area contributed by atoms with E-state index in [0.717, 1.165) is 24.0 Å². The Morgan fingerprint density at radius 2 is 2.17 bits per heavy atom. The summed E-state index contributed by atoms with van der Waals surface area (Å²) in [6, 6.07) is 3.80. The Labute approximate surface area is 167 Å². The molecular formula is C20H22N6O3. The van der Waals surface area contributed by atoms with Gasteiger partial charge in [0.25, 0.3) is 5.91 Å². The molecule has 0 aromatic carbocycles. The maximum Gasteiger partial charge on any atom is 0.251 e. The van der Waals surface area contributed by atoms with Crippen LogP contribution in [0.25, 0.3) is 11.6 Å². The predicted molar refractivity (Wildman–Crippen MR) is 108 cm³/mol. The van der Waals surface area contributed by atoms with E-state index >= 15 is 0 Å². The van der Waals surface area contributed by atoms with Crippen LogP contribution in [0.3, 0.4) is 0 Å². The van der Waals surface area contributed by atoms with Crippen LogP contribution in [0.15, 0.2) is 23.3 Å². The van der Waals surface area contributed by atoms with E-state index in [1.807, 2.05) is 28.0 Å². The summed E-state index contributed by atoms with van der Waals surface area (Å²) in [7, 11) is 0. The van der Waals surface area contributed by atoms with Gasteiger partial charge in [0.2, 0.25) is 11.8 Å². The minimum absolute atomic E-state index is 0.0592. The van der Waals surface area contributed by atoms with Gasteiger partial charge in [0.05, 0.1) is 0 Å². The number of nitrogens with zero attached hydrogens (tertiary/aromatic N) is 5. The summed E-state index contributed by atoms with van der Waals surface area (Å²) < 4.78 is 5.51. The third kappa shape index (κ3) is 3.38. The molecule has 1 atom stereocenters. The van der Waals surface area contributed by atoms with Crippen LogP contribution in [-0.4, -0.2) is 76.0 Å². The molecule has 3 aliphatic heterocycles. The highest BCUT2D eigenvalue weighted by atomic mass is 16.5. The second-order valence-electron chi connectivity index (χ2n) is 7.34. The number of allylic oxidation sites excluding steroid dienone is 1. The third-order valence-corrected chi connectivity index (χ3v) is 5.52.